The number of carbonyl (C=O) groups is 3. The Morgan fingerprint density at radius 3 is 2.44 bits per heavy atom. The molecule has 4 rings (SSSR count). The molecule has 1 heterocycles. The van der Waals surface area contributed by atoms with E-state index in [4.69, 9.17) is 4.74 Å². The van der Waals surface area contributed by atoms with Gasteiger partial charge in [0.1, 0.15) is 11.3 Å². The minimum atomic E-state index is -0.936. The lowest BCUT2D eigenvalue weighted by Crippen LogP contribution is -2.54. The number of non-ortho nitro benzene ring substituents is 1. The lowest BCUT2D eigenvalue weighted by atomic mass is 9.99. The quantitative estimate of drug-likeness (QED) is 0.284. The first-order valence-electron chi connectivity index (χ1n) is 9.71. The number of urea groups is 1. The van der Waals surface area contributed by atoms with Gasteiger partial charge in [-0.25, -0.2) is 9.69 Å². The maximum absolute atomic E-state index is 13.2. The van der Waals surface area contributed by atoms with Crippen LogP contribution in [0.3, 0.4) is 0 Å². The number of anilines is 1. The second-order valence-corrected chi connectivity index (χ2v) is 6.86. The van der Waals surface area contributed by atoms with Crippen LogP contribution in [-0.4, -0.2) is 29.4 Å². The summed E-state index contributed by atoms with van der Waals surface area (Å²) in [6, 6.07) is 15.0. The van der Waals surface area contributed by atoms with E-state index in [1.165, 1.54) is 30.3 Å². The molecule has 32 heavy (non-hydrogen) atoms. The number of benzene rings is 3. The minimum absolute atomic E-state index is 0.0967. The van der Waals surface area contributed by atoms with E-state index >= 15 is 0 Å². The molecule has 9 heteroatoms. The molecule has 0 saturated carbocycles. The van der Waals surface area contributed by atoms with Gasteiger partial charge in [0.15, 0.2) is 0 Å². The summed E-state index contributed by atoms with van der Waals surface area (Å²) >= 11 is 0. The van der Waals surface area contributed by atoms with E-state index < -0.39 is 22.8 Å². The van der Waals surface area contributed by atoms with Crippen LogP contribution in [-0.2, 0) is 9.59 Å². The molecule has 0 unspecified atom stereocenters. The van der Waals surface area contributed by atoms with Crippen LogP contribution < -0.4 is 15.0 Å². The molecule has 1 aliphatic rings. The smallest absolute Gasteiger partial charge is 0.335 e. The number of hydrogen-bond donors (Lipinski definition) is 1. The maximum Gasteiger partial charge on any atom is 0.335 e. The average molecular weight is 431 g/mol. The number of rotatable bonds is 5. The van der Waals surface area contributed by atoms with E-state index in [1.54, 1.807) is 6.07 Å². The van der Waals surface area contributed by atoms with Crippen molar-refractivity contribution in [1.82, 2.24) is 5.32 Å². The van der Waals surface area contributed by atoms with Crippen molar-refractivity contribution >= 4 is 46.1 Å². The highest BCUT2D eigenvalue weighted by Crippen LogP contribution is 2.32. The number of barbiturate groups is 1. The number of fused-ring (bicyclic) bond motifs is 1. The van der Waals surface area contributed by atoms with Gasteiger partial charge in [-0.05, 0) is 42.0 Å². The second kappa shape index (κ2) is 8.31. The first kappa shape index (κ1) is 20.7. The predicted octanol–water partition coefficient (Wildman–Crippen LogP) is 3.81. The Hall–Kier alpha value is -4.53. The van der Waals surface area contributed by atoms with Crippen LogP contribution in [0, 0.1) is 10.1 Å². The molecule has 0 atom stereocenters. The second-order valence-electron chi connectivity index (χ2n) is 6.86. The first-order valence-corrected chi connectivity index (χ1v) is 9.71. The number of imide groups is 2. The van der Waals surface area contributed by atoms with E-state index in [-0.39, 0.29) is 16.9 Å². The summed E-state index contributed by atoms with van der Waals surface area (Å²) in [5, 5.41) is 14.7. The number of nitro groups is 1. The zero-order chi connectivity index (χ0) is 22.8. The zero-order valence-electron chi connectivity index (χ0n) is 16.9. The van der Waals surface area contributed by atoms with E-state index in [9.17, 15) is 24.5 Å². The van der Waals surface area contributed by atoms with Gasteiger partial charge in [0.2, 0.25) is 0 Å². The molecule has 1 saturated heterocycles. The molecule has 160 valence electrons. The van der Waals surface area contributed by atoms with Crippen LogP contribution in [0.5, 0.6) is 5.75 Å². The predicted molar refractivity (Wildman–Crippen MR) is 117 cm³/mol. The molecular formula is C23H17N3O6. The summed E-state index contributed by atoms with van der Waals surface area (Å²) in [5.41, 5.74) is 0.170. The Bertz CT molecular complexity index is 1300. The molecule has 9 nitrogen and oxygen atoms in total. The number of nitro benzene ring substituents is 1. The van der Waals surface area contributed by atoms with Crippen molar-refractivity contribution in [2.45, 2.75) is 6.92 Å². The summed E-state index contributed by atoms with van der Waals surface area (Å²) < 4.78 is 5.69. The van der Waals surface area contributed by atoms with E-state index in [2.05, 4.69) is 5.32 Å². The summed E-state index contributed by atoms with van der Waals surface area (Å²) in [5.74, 6) is -1.20. The van der Waals surface area contributed by atoms with E-state index in [0.717, 1.165) is 15.7 Å². The normalized spacial score (nSPS) is 15.2. The van der Waals surface area contributed by atoms with Crippen LogP contribution in [0.2, 0.25) is 0 Å². The van der Waals surface area contributed by atoms with Crippen molar-refractivity contribution in [2.24, 2.45) is 0 Å². The van der Waals surface area contributed by atoms with Gasteiger partial charge >= 0.3 is 6.03 Å². The van der Waals surface area contributed by atoms with Crippen molar-refractivity contribution in [1.29, 1.82) is 0 Å². The molecule has 0 radical (unpaired) electrons. The van der Waals surface area contributed by atoms with Crippen molar-refractivity contribution in [3.05, 3.63) is 81.9 Å². The van der Waals surface area contributed by atoms with Gasteiger partial charge in [0.25, 0.3) is 17.5 Å². The molecule has 0 aliphatic carbocycles. The average Bonchev–Trinajstić information content (AvgIpc) is 2.78. The van der Waals surface area contributed by atoms with Crippen molar-refractivity contribution in [2.75, 3.05) is 11.5 Å². The standard InChI is InChI=1S/C23H17N3O6/c1-2-32-20-12-7-14-5-3-4-6-17(14)18(20)13-19-21(27)24-23(29)25(22(19)28)15-8-10-16(11-9-15)26(30)31/h3-13H,2H2,1H3,(H,24,27,29)/b19-13+. The monoisotopic (exact) mass is 431 g/mol. The fourth-order valence-corrected chi connectivity index (χ4v) is 3.47. The fourth-order valence-electron chi connectivity index (χ4n) is 3.47. The molecule has 1 aliphatic heterocycles. The van der Waals surface area contributed by atoms with Gasteiger partial charge < -0.3 is 4.74 Å². The molecular weight excluding hydrogens is 414 g/mol. The summed E-state index contributed by atoms with van der Waals surface area (Å²) in [4.78, 5) is 49.2. The molecule has 0 bridgehead atoms. The van der Waals surface area contributed by atoms with Gasteiger partial charge in [-0.1, -0.05) is 30.3 Å². The van der Waals surface area contributed by atoms with Crippen molar-refractivity contribution in [3.63, 3.8) is 0 Å². The van der Waals surface area contributed by atoms with Crippen LogP contribution >= 0.6 is 0 Å². The summed E-state index contributed by atoms with van der Waals surface area (Å²) in [6.45, 7) is 2.20. The minimum Gasteiger partial charge on any atom is -0.493 e. The van der Waals surface area contributed by atoms with E-state index in [0.29, 0.717) is 17.9 Å². The van der Waals surface area contributed by atoms with Gasteiger partial charge in [-0.3, -0.25) is 25.0 Å². The van der Waals surface area contributed by atoms with Crippen molar-refractivity contribution in [3.8, 4) is 5.75 Å². The third-order valence-corrected chi connectivity index (χ3v) is 4.94. The topological polar surface area (TPSA) is 119 Å². The van der Waals surface area contributed by atoms with Gasteiger partial charge in [0.05, 0.1) is 17.2 Å². The van der Waals surface area contributed by atoms with Gasteiger partial charge in [0, 0.05) is 17.7 Å². The Kier molecular flexibility index (Phi) is 5.38. The maximum atomic E-state index is 13.2. The first-order chi connectivity index (χ1) is 15.4. The number of carbonyl (C=O) groups excluding carboxylic acids is 3. The van der Waals surface area contributed by atoms with Crippen LogP contribution in [0.4, 0.5) is 16.2 Å². The number of nitrogens with one attached hydrogen (secondary N) is 1. The lowest BCUT2D eigenvalue weighted by Gasteiger charge is -2.26. The van der Waals surface area contributed by atoms with Crippen molar-refractivity contribution < 1.29 is 24.0 Å². The molecule has 3 aromatic carbocycles. The molecule has 1 N–H and O–H groups in total. The highest BCUT2D eigenvalue weighted by molar-refractivity contribution is 6.39. The lowest BCUT2D eigenvalue weighted by molar-refractivity contribution is -0.384. The number of ether oxygens (including phenoxy) is 1. The van der Waals surface area contributed by atoms with E-state index in [1.807, 2.05) is 37.3 Å². The Balaban J connectivity index is 1.82. The number of nitrogens with zero attached hydrogens (tertiary/aromatic N) is 2. The Labute approximate surface area is 182 Å². The Morgan fingerprint density at radius 2 is 1.75 bits per heavy atom. The van der Waals surface area contributed by atoms with Crippen LogP contribution in [0.15, 0.2) is 66.2 Å². The summed E-state index contributed by atoms with van der Waals surface area (Å²) in [6.07, 6.45) is 1.40. The SMILES string of the molecule is CCOc1ccc2ccccc2c1/C=C1\C(=O)NC(=O)N(c2ccc([N+](=O)[O-])cc2)C1=O. The van der Waals surface area contributed by atoms with Gasteiger partial charge in [-0.2, -0.15) is 0 Å². The fraction of sp³-hybridized carbons (Fsp3) is 0.0870. The molecule has 0 aromatic heterocycles. The third kappa shape index (κ3) is 3.67. The summed E-state index contributed by atoms with van der Waals surface area (Å²) in [7, 11) is 0. The van der Waals surface area contributed by atoms with Crippen LogP contribution in [0.25, 0.3) is 16.8 Å². The Morgan fingerprint density at radius 1 is 1.03 bits per heavy atom. The molecule has 0 spiro atoms. The largest absolute Gasteiger partial charge is 0.493 e. The zero-order valence-corrected chi connectivity index (χ0v) is 16.9. The molecule has 4 amide bonds. The highest BCUT2D eigenvalue weighted by Gasteiger charge is 2.37. The highest BCUT2D eigenvalue weighted by atomic mass is 16.6. The third-order valence-electron chi connectivity index (χ3n) is 4.94. The van der Waals surface area contributed by atoms with Gasteiger partial charge in [-0.15, -0.1) is 0 Å². The molecule has 3 aromatic rings. The molecule has 1 fully saturated rings. The number of hydrogen-bond acceptors (Lipinski definition) is 6. The van der Waals surface area contributed by atoms with Crippen LogP contribution in [0.1, 0.15) is 12.5 Å². The number of amides is 4.